The van der Waals surface area contributed by atoms with Crippen LogP contribution in [0.3, 0.4) is 0 Å². The van der Waals surface area contributed by atoms with Gasteiger partial charge < -0.3 is 5.73 Å². The highest BCUT2D eigenvalue weighted by molar-refractivity contribution is 5.51. The van der Waals surface area contributed by atoms with Crippen LogP contribution in [-0.4, -0.2) is 16.0 Å². The van der Waals surface area contributed by atoms with Gasteiger partial charge in [0.15, 0.2) is 5.82 Å². The van der Waals surface area contributed by atoms with E-state index in [-0.39, 0.29) is 0 Å². The minimum atomic E-state index is 0.327. The highest BCUT2D eigenvalue weighted by atomic mass is 15.6. The van der Waals surface area contributed by atoms with Gasteiger partial charge in [0.2, 0.25) is 5.95 Å². The molecule has 13 heavy (non-hydrogen) atoms. The molecule has 0 bridgehead atoms. The van der Waals surface area contributed by atoms with Crippen molar-refractivity contribution in [2.24, 2.45) is 0 Å². The molecule has 0 saturated carbocycles. The van der Waals surface area contributed by atoms with Crippen LogP contribution in [0.1, 0.15) is 19.4 Å². The molecule has 5 heteroatoms. The maximum atomic E-state index is 5.52. The smallest absolute Gasteiger partial charge is 0.221 e. The molecule has 0 aromatic carbocycles. The van der Waals surface area contributed by atoms with Crippen molar-refractivity contribution >= 4 is 11.8 Å². The number of aromatic nitrogens is 2. The lowest BCUT2D eigenvalue weighted by molar-refractivity contribution is 0.592. The Balaban J connectivity index is 2.40. The fraction of sp³-hybridized carbons (Fsp3) is 0.500. The lowest BCUT2D eigenvalue weighted by Crippen LogP contribution is -2.38. The van der Waals surface area contributed by atoms with E-state index in [9.17, 15) is 0 Å². The number of nitrogens with zero attached hydrogens (tertiary/aromatic N) is 3. The number of nitrogen functional groups attached to an aromatic ring is 1. The molecule has 3 N–H and O–H groups in total. The molecule has 0 fully saturated rings. The molecule has 0 atom stereocenters. The van der Waals surface area contributed by atoms with Crippen molar-refractivity contribution < 1.29 is 0 Å². The summed E-state index contributed by atoms with van der Waals surface area (Å²) >= 11 is 0. The van der Waals surface area contributed by atoms with E-state index >= 15 is 0 Å². The number of anilines is 2. The molecular weight excluding hydrogens is 166 g/mol. The van der Waals surface area contributed by atoms with Crippen molar-refractivity contribution in [3.05, 3.63) is 11.8 Å². The van der Waals surface area contributed by atoms with E-state index in [2.05, 4.69) is 29.2 Å². The number of nitrogens with two attached hydrogens (primary N) is 1. The molecule has 1 aliphatic heterocycles. The fourth-order valence-corrected chi connectivity index (χ4v) is 1.42. The second-order valence-electron chi connectivity index (χ2n) is 3.38. The number of hydrazine groups is 1. The van der Waals surface area contributed by atoms with Gasteiger partial charge in [0.1, 0.15) is 0 Å². The summed E-state index contributed by atoms with van der Waals surface area (Å²) in [5.41, 5.74) is 9.84. The summed E-state index contributed by atoms with van der Waals surface area (Å²) < 4.78 is 0. The van der Waals surface area contributed by atoms with Crippen molar-refractivity contribution in [1.29, 1.82) is 0 Å². The molecule has 70 valence electrons. The minimum Gasteiger partial charge on any atom is -0.368 e. The Labute approximate surface area is 76.9 Å². The lowest BCUT2D eigenvalue weighted by atomic mass is 10.3. The summed E-state index contributed by atoms with van der Waals surface area (Å²) in [4.78, 5) is 8.13. The van der Waals surface area contributed by atoms with E-state index < -0.39 is 0 Å². The molecular formula is C8H13N5. The van der Waals surface area contributed by atoms with Crippen molar-refractivity contribution in [2.45, 2.75) is 26.4 Å². The summed E-state index contributed by atoms with van der Waals surface area (Å²) in [6, 6.07) is 0.371. The van der Waals surface area contributed by atoms with Crippen LogP contribution < -0.4 is 16.2 Å². The molecule has 1 aliphatic rings. The van der Waals surface area contributed by atoms with Crippen LogP contribution >= 0.6 is 0 Å². The quantitative estimate of drug-likeness (QED) is 0.648. The molecule has 0 spiro atoms. The van der Waals surface area contributed by atoms with Crippen molar-refractivity contribution in [3.8, 4) is 0 Å². The van der Waals surface area contributed by atoms with Crippen LogP contribution in [0.4, 0.5) is 11.8 Å². The van der Waals surface area contributed by atoms with E-state index in [0.29, 0.717) is 12.0 Å². The molecule has 0 aliphatic carbocycles. The predicted octanol–water partition coefficient (Wildman–Crippen LogP) is 0.292. The molecule has 0 saturated heterocycles. The summed E-state index contributed by atoms with van der Waals surface area (Å²) in [5, 5.41) is 2.01. The lowest BCUT2D eigenvalue weighted by Gasteiger charge is -2.22. The minimum absolute atomic E-state index is 0.327. The molecule has 0 amide bonds. The molecule has 2 rings (SSSR count). The first-order chi connectivity index (χ1) is 6.18. The summed E-state index contributed by atoms with van der Waals surface area (Å²) in [6.07, 6.45) is 1.77. The predicted molar refractivity (Wildman–Crippen MR) is 50.9 cm³/mol. The first kappa shape index (κ1) is 8.25. The van der Waals surface area contributed by atoms with Crippen molar-refractivity contribution in [2.75, 3.05) is 10.7 Å². The zero-order valence-electron chi connectivity index (χ0n) is 7.78. The van der Waals surface area contributed by atoms with Crippen LogP contribution in [0.25, 0.3) is 0 Å². The Morgan fingerprint density at radius 2 is 2.38 bits per heavy atom. The van der Waals surface area contributed by atoms with E-state index in [1.807, 2.05) is 5.01 Å². The molecule has 2 heterocycles. The summed E-state index contributed by atoms with van der Waals surface area (Å²) in [7, 11) is 0. The normalized spacial score (nSPS) is 15.2. The second kappa shape index (κ2) is 2.85. The van der Waals surface area contributed by atoms with Gasteiger partial charge in [-0.25, -0.2) is 10.4 Å². The van der Waals surface area contributed by atoms with Gasteiger partial charge >= 0.3 is 0 Å². The van der Waals surface area contributed by atoms with Gasteiger partial charge in [0.05, 0.1) is 0 Å². The van der Waals surface area contributed by atoms with Gasteiger partial charge in [-0.05, 0) is 13.8 Å². The van der Waals surface area contributed by atoms with Crippen molar-refractivity contribution in [3.63, 3.8) is 0 Å². The second-order valence-corrected chi connectivity index (χ2v) is 3.38. The Hall–Kier alpha value is -1.36. The monoisotopic (exact) mass is 179 g/mol. The standard InChI is InChI=1S/C8H13N5/c1-5(2)13-7-6(4-11-13)3-10-8(9)12-7/h3,5,11H,4H2,1-2H3,(H2,9,10,12). The number of fused-ring (bicyclic) bond motifs is 1. The zero-order valence-corrected chi connectivity index (χ0v) is 7.78. The topological polar surface area (TPSA) is 67.1 Å². The van der Waals surface area contributed by atoms with Crippen molar-refractivity contribution in [1.82, 2.24) is 15.4 Å². The maximum Gasteiger partial charge on any atom is 0.221 e. The first-order valence-electron chi connectivity index (χ1n) is 4.32. The Kier molecular flexibility index (Phi) is 1.81. The summed E-state index contributed by atoms with van der Waals surface area (Å²) in [6.45, 7) is 4.98. The van der Waals surface area contributed by atoms with Gasteiger partial charge in [-0.1, -0.05) is 0 Å². The van der Waals surface area contributed by atoms with Gasteiger partial charge in [-0.15, -0.1) is 0 Å². The number of hydrogen-bond acceptors (Lipinski definition) is 5. The van der Waals surface area contributed by atoms with Gasteiger partial charge in [0.25, 0.3) is 0 Å². The molecule has 0 radical (unpaired) electrons. The SMILES string of the molecule is CC(C)N1NCc2cnc(N)nc21. The third-order valence-electron chi connectivity index (χ3n) is 2.04. The van der Waals surface area contributed by atoms with Crippen LogP contribution in [0.2, 0.25) is 0 Å². The number of nitrogens with one attached hydrogen (secondary N) is 1. The van der Waals surface area contributed by atoms with Gasteiger partial charge in [0, 0.05) is 24.3 Å². The largest absolute Gasteiger partial charge is 0.368 e. The highest BCUT2D eigenvalue weighted by Crippen LogP contribution is 2.23. The highest BCUT2D eigenvalue weighted by Gasteiger charge is 2.22. The average Bonchev–Trinajstić information content (AvgIpc) is 2.46. The maximum absolute atomic E-state index is 5.52. The molecule has 0 unspecified atom stereocenters. The van der Waals surface area contributed by atoms with E-state index in [0.717, 1.165) is 17.9 Å². The van der Waals surface area contributed by atoms with Crippen LogP contribution in [0.5, 0.6) is 0 Å². The van der Waals surface area contributed by atoms with Gasteiger partial charge in [-0.3, -0.25) is 5.01 Å². The van der Waals surface area contributed by atoms with Crippen LogP contribution in [-0.2, 0) is 6.54 Å². The number of hydrogen-bond donors (Lipinski definition) is 2. The zero-order chi connectivity index (χ0) is 9.42. The Morgan fingerprint density at radius 1 is 1.62 bits per heavy atom. The molecule has 5 nitrogen and oxygen atoms in total. The van der Waals surface area contributed by atoms with E-state index in [4.69, 9.17) is 5.73 Å². The first-order valence-corrected chi connectivity index (χ1v) is 4.32. The molecule has 1 aromatic rings. The third-order valence-corrected chi connectivity index (χ3v) is 2.04. The summed E-state index contributed by atoms with van der Waals surface area (Å²) in [5.74, 6) is 1.23. The van der Waals surface area contributed by atoms with E-state index in [1.54, 1.807) is 6.20 Å². The van der Waals surface area contributed by atoms with Crippen LogP contribution in [0, 0.1) is 0 Å². The van der Waals surface area contributed by atoms with Crippen LogP contribution in [0.15, 0.2) is 6.20 Å². The average molecular weight is 179 g/mol. The van der Waals surface area contributed by atoms with E-state index in [1.165, 1.54) is 0 Å². The Morgan fingerprint density at radius 3 is 3.08 bits per heavy atom. The Bertz CT molecular complexity index is 322. The molecule has 1 aromatic heterocycles. The fourth-order valence-electron chi connectivity index (χ4n) is 1.42. The van der Waals surface area contributed by atoms with Gasteiger partial charge in [-0.2, -0.15) is 4.98 Å². The number of rotatable bonds is 1. The third kappa shape index (κ3) is 1.31.